The van der Waals surface area contributed by atoms with Crippen LogP contribution in [0.4, 0.5) is 0 Å². The third-order valence-corrected chi connectivity index (χ3v) is 5.56. The summed E-state index contributed by atoms with van der Waals surface area (Å²) in [5.74, 6) is 1.86. The van der Waals surface area contributed by atoms with Crippen LogP contribution in [0.3, 0.4) is 0 Å². The Morgan fingerprint density at radius 2 is 1.60 bits per heavy atom. The zero-order valence-corrected chi connectivity index (χ0v) is 11.9. The molecule has 0 saturated heterocycles. The van der Waals surface area contributed by atoms with E-state index in [-0.39, 0.29) is 12.3 Å². The van der Waals surface area contributed by atoms with Gasteiger partial charge in [-0.15, -0.1) is 0 Å². The van der Waals surface area contributed by atoms with E-state index in [4.69, 9.17) is 11.5 Å². The van der Waals surface area contributed by atoms with Crippen molar-refractivity contribution in [3.05, 3.63) is 0 Å². The van der Waals surface area contributed by atoms with Crippen LogP contribution in [-0.4, -0.2) is 24.4 Å². The second-order valence-corrected chi connectivity index (χ2v) is 7.41. The molecular weight excluding hydrogens is 254 g/mol. The summed E-state index contributed by atoms with van der Waals surface area (Å²) in [7, 11) is 0. The molecular formula is C15H25N3O2. The molecule has 4 bridgehead atoms. The first-order chi connectivity index (χ1) is 9.46. The van der Waals surface area contributed by atoms with Crippen LogP contribution in [0.2, 0.25) is 0 Å². The number of carbonyl (C=O) groups is 2. The molecule has 4 fully saturated rings. The number of hydrogen-bond acceptors (Lipinski definition) is 3. The molecule has 4 saturated carbocycles. The lowest BCUT2D eigenvalue weighted by Gasteiger charge is -2.57. The van der Waals surface area contributed by atoms with Crippen molar-refractivity contribution in [1.82, 2.24) is 5.32 Å². The highest BCUT2D eigenvalue weighted by Gasteiger charge is 2.50. The first-order valence-corrected chi connectivity index (χ1v) is 7.77. The van der Waals surface area contributed by atoms with E-state index in [9.17, 15) is 9.59 Å². The van der Waals surface area contributed by atoms with Gasteiger partial charge in [0.2, 0.25) is 11.8 Å². The molecule has 0 aromatic carbocycles. The van der Waals surface area contributed by atoms with Crippen LogP contribution in [0.1, 0.15) is 44.9 Å². The molecule has 4 rings (SSSR count). The number of rotatable bonds is 5. The average Bonchev–Trinajstić information content (AvgIpc) is 2.33. The molecule has 5 heteroatoms. The van der Waals surface area contributed by atoms with E-state index in [0.29, 0.717) is 5.41 Å². The number of carbonyl (C=O) groups excluding carboxylic acids is 2. The molecule has 112 valence electrons. The van der Waals surface area contributed by atoms with Crippen molar-refractivity contribution in [2.75, 3.05) is 6.54 Å². The molecule has 5 N–H and O–H groups in total. The molecule has 1 unspecified atom stereocenters. The lowest BCUT2D eigenvalue weighted by Crippen LogP contribution is -2.53. The Morgan fingerprint density at radius 3 is 2.05 bits per heavy atom. The number of primary amides is 1. The van der Waals surface area contributed by atoms with Gasteiger partial charge in [-0.05, 0) is 61.7 Å². The molecule has 0 spiro atoms. The Hall–Kier alpha value is -1.10. The number of nitrogens with two attached hydrogens (primary N) is 2. The van der Waals surface area contributed by atoms with Crippen LogP contribution in [0, 0.1) is 23.2 Å². The highest BCUT2D eigenvalue weighted by atomic mass is 16.2. The zero-order chi connectivity index (χ0) is 14.3. The number of nitrogens with one attached hydrogen (secondary N) is 1. The second-order valence-electron chi connectivity index (χ2n) is 7.41. The Morgan fingerprint density at radius 1 is 1.10 bits per heavy atom. The zero-order valence-electron chi connectivity index (χ0n) is 11.9. The summed E-state index contributed by atoms with van der Waals surface area (Å²) in [5.41, 5.74) is 11.1. The maximum Gasteiger partial charge on any atom is 0.237 e. The van der Waals surface area contributed by atoms with E-state index >= 15 is 0 Å². The summed E-state index contributed by atoms with van der Waals surface area (Å²) in [6.07, 6.45) is 7.88. The van der Waals surface area contributed by atoms with Gasteiger partial charge in [0.25, 0.3) is 0 Å². The summed E-state index contributed by atoms with van der Waals surface area (Å²) in [4.78, 5) is 22.7. The summed E-state index contributed by atoms with van der Waals surface area (Å²) < 4.78 is 0. The molecule has 0 heterocycles. The topological polar surface area (TPSA) is 98.2 Å². The van der Waals surface area contributed by atoms with Gasteiger partial charge in [0.1, 0.15) is 0 Å². The van der Waals surface area contributed by atoms with E-state index < -0.39 is 11.9 Å². The van der Waals surface area contributed by atoms with Crippen molar-refractivity contribution < 1.29 is 9.59 Å². The lowest BCUT2D eigenvalue weighted by molar-refractivity contribution is -0.127. The van der Waals surface area contributed by atoms with E-state index in [1.54, 1.807) is 0 Å². The molecule has 1 atom stereocenters. The highest BCUT2D eigenvalue weighted by Crippen LogP contribution is 2.59. The van der Waals surface area contributed by atoms with Crippen molar-refractivity contribution >= 4 is 11.8 Å². The molecule has 4 aliphatic rings. The Kier molecular flexibility index (Phi) is 3.48. The molecule has 0 aromatic rings. The fraction of sp³-hybridized carbons (Fsp3) is 0.867. The fourth-order valence-electron chi connectivity index (χ4n) is 5.22. The third-order valence-electron chi connectivity index (χ3n) is 5.56. The standard InChI is InChI=1S/C15H25N3O2/c16-12(4-13(17)19)14(20)18-8-15-5-9-1-10(6-15)3-11(2-9)7-15/h9-12H,1-8,16H2,(H2,17,19)(H,18,20). The molecule has 20 heavy (non-hydrogen) atoms. The predicted octanol–water partition coefficient (Wildman–Crippen LogP) is 0.522. The van der Waals surface area contributed by atoms with Gasteiger partial charge in [0.15, 0.2) is 0 Å². The Bertz CT molecular complexity index is 386. The predicted molar refractivity (Wildman–Crippen MR) is 75.4 cm³/mol. The minimum Gasteiger partial charge on any atom is -0.370 e. The number of hydrogen-bond donors (Lipinski definition) is 3. The Labute approximate surface area is 119 Å². The highest BCUT2D eigenvalue weighted by molar-refractivity contribution is 5.87. The van der Waals surface area contributed by atoms with Gasteiger partial charge in [-0.1, -0.05) is 0 Å². The van der Waals surface area contributed by atoms with Gasteiger partial charge in [-0.2, -0.15) is 0 Å². The first kappa shape index (κ1) is 13.9. The summed E-state index contributed by atoms with van der Waals surface area (Å²) in [6, 6.07) is -0.804. The van der Waals surface area contributed by atoms with Gasteiger partial charge in [0, 0.05) is 6.54 Å². The van der Waals surface area contributed by atoms with Gasteiger partial charge < -0.3 is 16.8 Å². The first-order valence-electron chi connectivity index (χ1n) is 7.77. The largest absolute Gasteiger partial charge is 0.370 e. The van der Waals surface area contributed by atoms with E-state index in [1.165, 1.54) is 38.5 Å². The van der Waals surface area contributed by atoms with Crippen LogP contribution >= 0.6 is 0 Å². The van der Waals surface area contributed by atoms with Crippen LogP contribution in [0.25, 0.3) is 0 Å². The minimum atomic E-state index is -0.804. The van der Waals surface area contributed by atoms with Crippen molar-refractivity contribution in [3.8, 4) is 0 Å². The van der Waals surface area contributed by atoms with Crippen LogP contribution in [0.15, 0.2) is 0 Å². The minimum absolute atomic E-state index is 0.0767. The van der Waals surface area contributed by atoms with E-state index in [0.717, 1.165) is 24.3 Å². The van der Waals surface area contributed by atoms with Crippen LogP contribution < -0.4 is 16.8 Å². The van der Waals surface area contributed by atoms with Gasteiger partial charge >= 0.3 is 0 Å². The van der Waals surface area contributed by atoms with Crippen molar-refractivity contribution in [1.29, 1.82) is 0 Å². The molecule has 5 nitrogen and oxygen atoms in total. The van der Waals surface area contributed by atoms with Crippen molar-refractivity contribution in [3.63, 3.8) is 0 Å². The van der Waals surface area contributed by atoms with Gasteiger partial charge in [-0.25, -0.2) is 0 Å². The quantitative estimate of drug-likeness (QED) is 0.684. The molecule has 4 aliphatic carbocycles. The SMILES string of the molecule is NC(=O)CC(N)C(=O)NCC12CC3CC(CC(C3)C1)C2. The maximum absolute atomic E-state index is 11.9. The number of amides is 2. The fourth-order valence-corrected chi connectivity index (χ4v) is 5.22. The smallest absolute Gasteiger partial charge is 0.237 e. The van der Waals surface area contributed by atoms with Crippen molar-refractivity contribution in [2.24, 2.45) is 34.6 Å². The van der Waals surface area contributed by atoms with Crippen molar-refractivity contribution in [2.45, 2.75) is 51.0 Å². The third kappa shape index (κ3) is 2.68. The normalized spacial score (nSPS) is 39.5. The average molecular weight is 279 g/mol. The molecule has 0 radical (unpaired) electrons. The molecule has 2 amide bonds. The van der Waals surface area contributed by atoms with Gasteiger partial charge in [0.05, 0.1) is 12.5 Å². The summed E-state index contributed by atoms with van der Waals surface area (Å²) in [6.45, 7) is 0.724. The summed E-state index contributed by atoms with van der Waals surface area (Å²) in [5, 5.41) is 2.97. The van der Waals surface area contributed by atoms with Crippen LogP contribution in [-0.2, 0) is 9.59 Å². The van der Waals surface area contributed by atoms with E-state index in [2.05, 4.69) is 5.32 Å². The molecule has 0 aliphatic heterocycles. The summed E-state index contributed by atoms with van der Waals surface area (Å²) >= 11 is 0. The van der Waals surface area contributed by atoms with E-state index in [1.807, 2.05) is 0 Å². The second kappa shape index (κ2) is 5.02. The lowest BCUT2D eigenvalue weighted by atomic mass is 9.49. The molecule has 0 aromatic heterocycles. The van der Waals surface area contributed by atoms with Gasteiger partial charge in [-0.3, -0.25) is 9.59 Å². The van der Waals surface area contributed by atoms with Crippen LogP contribution in [0.5, 0.6) is 0 Å². The maximum atomic E-state index is 11.9. The monoisotopic (exact) mass is 279 g/mol. The Balaban J connectivity index is 1.56.